The summed E-state index contributed by atoms with van der Waals surface area (Å²) >= 11 is 7.24. The first kappa shape index (κ1) is 19.5. The van der Waals surface area contributed by atoms with E-state index in [1.165, 1.54) is 0 Å². The van der Waals surface area contributed by atoms with Crippen LogP contribution in [0.4, 0.5) is 8.78 Å². The van der Waals surface area contributed by atoms with E-state index in [4.69, 9.17) is 12.2 Å². The van der Waals surface area contributed by atoms with E-state index >= 15 is 0 Å². The molecule has 0 atom stereocenters. The van der Waals surface area contributed by atoms with Crippen molar-refractivity contribution in [1.29, 1.82) is 0 Å². The van der Waals surface area contributed by atoms with Crippen molar-refractivity contribution in [2.75, 3.05) is 13.1 Å². The molecule has 4 aromatic rings. The lowest BCUT2D eigenvalue weighted by Crippen LogP contribution is -2.38. The Kier molecular flexibility index (Phi) is 4.96. The summed E-state index contributed by atoms with van der Waals surface area (Å²) in [6.07, 6.45) is 1.18. The van der Waals surface area contributed by atoms with E-state index in [9.17, 15) is 13.6 Å². The van der Waals surface area contributed by atoms with Gasteiger partial charge in [0.15, 0.2) is 5.78 Å². The number of Topliss-reactive ketones (excluding diaryl/α,β-unsaturated/α-hetero) is 1. The number of thiazole rings is 1. The number of aromatic nitrogens is 3. The summed E-state index contributed by atoms with van der Waals surface area (Å²) in [6, 6.07) is 11.1. The molecule has 154 valence electrons. The number of carbonyl (C=O) groups excluding carboxylic acids is 1. The number of fused-ring (bicyclic) bond motifs is 3. The van der Waals surface area contributed by atoms with Crippen LogP contribution in [-0.4, -0.2) is 38.0 Å². The maximum Gasteiger partial charge on any atom is 0.216 e. The number of carbonyl (C=O) groups is 1. The molecule has 0 N–H and O–H groups in total. The molecule has 1 aliphatic heterocycles. The fourth-order valence-electron chi connectivity index (χ4n) is 4.01. The summed E-state index contributed by atoms with van der Waals surface area (Å²) in [4.78, 5) is 15.7. The van der Waals surface area contributed by atoms with Crippen molar-refractivity contribution in [1.82, 2.24) is 19.1 Å². The van der Waals surface area contributed by atoms with Gasteiger partial charge in [-0.2, -0.15) is 0 Å². The van der Waals surface area contributed by atoms with Gasteiger partial charge in [0, 0.05) is 19.0 Å². The van der Waals surface area contributed by atoms with Crippen molar-refractivity contribution in [3.8, 4) is 0 Å². The van der Waals surface area contributed by atoms with Crippen LogP contribution in [0, 0.1) is 22.3 Å². The standard InChI is InChI=1S/C21H18F2N4OS2/c22-14-5-6-16(23)15(11-14)19(28)13-7-9-25(10-8-13)12-26-21(29)27-17-3-1-2-4-18(17)30-20(27)24-26/h1-6,11,13H,7-10,12H2. The van der Waals surface area contributed by atoms with Crippen molar-refractivity contribution in [3.05, 3.63) is 64.4 Å². The molecule has 0 spiro atoms. The summed E-state index contributed by atoms with van der Waals surface area (Å²) in [5.41, 5.74) is 0.895. The monoisotopic (exact) mass is 444 g/mol. The number of nitrogens with zero attached hydrogens (tertiary/aromatic N) is 4. The van der Waals surface area contributed by atoms with Crippen molar-refractivity contribution >= 4 is 44.5 Å². The number of para-hydroxylation sites is 1. The van der Waals surface area contributed by atoms with Gasteiger partial charge in [-0.25, -0.2) is 13.5 Å². The number of halogens is 2. The normalized spacial score (nSPS) is 15.9. The van der Waals surface area contributed by atoms with E-state index in [0.717, 1.165) is 33.4 Å². The highest BCUT2D eigenvalue weighted by Gasteiger charge is 2.28. The third-order valence-electron chi connectivity index (χ3n) is 5.60. The molecule has 2 aromatic heterocycles. The van der Waals surface area contributed by atoms with Crippen LogP contribution in [0.5, 0.6) is 0 Å². The predicted octanol–water partition coefficient (Wildman–Crippen LogP) is 4.91. The highest BCUT2D eigenvalue weighted by atomic mass is 32.1. The number of ketones is 1. The molecule has 9 heteroatoms. The summed E-state index contributed by atoms with van der Waals surface area (Å²) in [7, 11) is 0. The Hall–Kier alpha value is -2.49. The summed E-state index contributed by atoms with van der Waals surface area (Å²) in [5.74, 6) is -1.89. The van der Waals surface area contributed by atoms with E-state index in [-0.39, 0.29) is 17.3 Å². The third-order valence-corrected chi connectivity index (χ3v) is 7.01. The quantitative estimate of drug-likeness (QED) is 0.331. The van der Waals surface area contributed by atoms with Gasteiger partial charge in [0.05, 0.1) is 22.4 Å². The largest absolute Gasteiger partial charge is 0.294 e. The molecule has 2 aromatic carbocycles. The molecule has 0 aliphatic carbocycles. The Balaban J connectivity index is 1.29. The highest BCUT2D eigenvalue weighted by Crippen LogP contribution is 2.27. The van der Waals surface area contributed by atoms with Gasteiger partial charge in [-0.3, -0.25) is 14.1 Å². The minimum absolute atomic E-state index is 0.156. The Morgan fingerprint density at radius 3 is 2.73 bits per heavy atom. The summed E-state index contributed by atoms with van der Waals surface area (Å²) in [6.45, 7) is 1.87. The van der Waals surface area contributed by atoms with Crippen LogP contribution in [0.25, 0.3) is 15.2 Å². The number of hydrogen-bond donors (Lipinski definition) is 0. The number of likely N-dealkylation sites (tertiary alicyclic amines) is 1. The van der Waals surface area contributed by atoms with Gasteiger partial charge in [0.1, 0.15) is 11.6 Å². The molecule has 1 fully saturated rings. The summed E-state index contributed by atoms with van der Waals surface area (Å²) in [5, 5.41) is 4.66. The van der Waals surface area contributed by atoms with E-state index in [2.05, 4.69) is 16.1 Å². The van der Waals surface area contributed by atoms with Gasteiger partial charge in [-0.05, 0) is 55.4 Å². The van der Waals surface area contributed by atoms with Crippen molar-refractivity contribution < 1.29 is 13.6 Å². The van der Waals surface area contributed by atoms with Crippen LogP contribution >= 0.6 is 23.6 Å². The van der Waals surface area contributed by atoms with E-state index in [1.807, 2.05) is 27.3 Å². The zero-order chi connectivity index (χ0) is 20.8. The first-order valence-corrected chi connectivity index (χ1v) is 10.9. The smallest absolute Gasteiger partial charge is 0.216 e. The van der Waals surface area contributed by atoms with Crippen molar-refractivity contribution in [2.24, 2.45) is 5.92 Å². The molecule has 5 nitrogen and oxygen atoms in total. The van der Waals surface area contributed by atoms with Crippen LogP contribution in [0.1, 0.15) is 23.2 Å². The molecule has 0 amide bonds. The first-order valence-electron chi connectivity index (χ1n) is 9.70. The first-order chi connectivity index (χ1) is 14.5. The Morgan fingerprint density at radius 2 is 1.93 bits per heavy atom. The van der Waals surface area contributed by atoms with Crippen molar-refractivity contribution in [3.63, 3.8) is 0 Å². The molecule has 3 heterocycles. The lowest BCUT2D eigenvalue weighted by Gasteiger charge is -2.30. The Bertz CT molecular complexity index is 1320. The SMILES string of the molecule is O=C(c1cc(F)ccc1F)C1CCN(Cn2nc3sc4ccccc4n3c2=S)CC1. The average Bonchev–Trinajstić information content (AvgIpc) is 3.26. The molecule has 0 unspecified atom stereocenters. The van der Waals surface area contributed by atoms with Gasteiger partial charge < -0.3 is 0 Å². The molecule has 1 saturated heterocycles. The molecule has 30 heavy (non-hydrogen) atoms. The van der Waals surface area contributed by atoms with Crippen LogP contribution < -0.4 is 0 Å². The lowest BCUT2D eigenvalue weighted by atomic mass is 9.89. The van der Waals surface area contributed by atoms with Crippen LogP contribution in [0.3, 0.4) is 0 Å². The number of benzene rings is 2. The van der Waals surface area contributed by atoms with Crippen LogP contribution in [0.15, 0.2) is 42.5 Å². The van der Waals surface area contributed by atoms with Gasteiger partial charge >= 0.3 is 0 Å². The van der Waals surface area contributed by atoms with Crippen LogP contribution in [-0.2, 0) is 6.67 Å². The second-order valence-electron chi connectivity index (χ2n) is 7.49. The fourth-order valence-corrected chi connectivity index (χ4v) is 5.37. The van der Waals surface area contributed by atoms with Gasteiger partial charge in [0.2, 0.25) is 9.73 Å². The van der Waals surface area contributed by atoms with E-state index in [1.54, 1.807) is 11.3 Å². The molecule has 5 rings (SSSR count). The molecule has 0 bridgehead atoms. The Labute approximate surface area is 180 Å². The number of rotatable bonds is 4. The third kappa shape index (κ3) is 3.36. The molecular weight excluding hydrogens is 426 g/mol. The van der Waals surface area contributed by atoms with Gasteiger partial charge in [-0.1, -0.05) is 23.5 Å². The van der Waals surface area contributed by atoms with E-state index in [0.29, 0.717) is 37.4 Å². The van der Waals surface area contributed by atoms with E-state index < -0.39 is 11.6 Å². The maximum absolute atomic E-state index is 13.9. The van der Waals surface area contributed by atoms with Gasteiger partial charge in [0.25, 0.3) is 0 Å². The molecule has 1 aliphatic rings. The molecule has 0 radical (unpaired) electrons. The molecule has 0 saturated carbocycles. The minimum atomic E-state index is -0.666. The van der Waals surface area contributed by atoms with Crippen LogP contribution in [0.2, 0.25) is 0 Å². The second-order valence-corrected chi connectivity index (χ2v) is 8.87. The van der Waals surface area contributed by atoms with Gasteiger partial charge in [-0.15, -0.1) is 5.10 Å². The lowest BCUT2D eigenvalue weighted by molar-refractivity contribution is 0.0799. The average molecular weight is 445 g/mol. The maximum atomic E-state index is 13.9. The highest BCUT2D eigenvalue weighted by molar-refractivity contribution is 7.71. The molecular formula is C21H18F2N4OS2. The number of piperidine rings is 1. The minimum Gasteiger partial charge on any atom is -0.294 e. The second kappa shape index (κ2) is 7.64. The zero-order valence-electron chi connectivity index (χ0n) is 15.9. The number of hydrogen-bond acceptors (Lipinski definition) is 5. The van der Waals surface area contributed by atoms with Crippen molar-refractivity contribution in [2.45, 2.75) is 19.5 Å². The predicted molar refractivity (Wildman–Crippen MR) is 114 cm³/mol. The fraction of sp³-hybridized carbons (Fsp3) is 0.286. The zero-order valence-corrected chi connectivity index (χ0v) is 17.6. The topological polar surface area (TPSA) is 42.5 Å². The summed E-state index contributed by atoms with van der Waals surface area (Å²) < 4.78 is 32.9. The Morgan fingerprint density at radius 1 is 1.17 bits per heavy atom.